The summed E-state index contributed by atoms with van der Waals surface area (Å²) < 4.78 is 0.509. The summed E-state index contributed by atoms with van der Waals surface area (Å²) in [6.07, 6.45) is 1.55. The van der Waals surface area contributed by atoms with Gasteiger partial charge in [-0.25, -0.2) is 4.98 Å². The summed E-state index contributed by atoms with van der Waals surface area (Å²) in [4.78, 5) is 7.86. The molecule has 4 nitrogen and oxygen atoms in total. The number of rotatable bonds is 0. The Morgan fingerprint density at radius 2 is 2.27 bits per heavy atom. The van der Waals surface area contributed by atoms with Crippen LogP contribution in [0.15, 0.2) is 22.9 Å². The van der Waals surface area contributed by atoms with Crippen LogP contribution in [0.4, 0.5) is 0 Å². The van der Waals surface area contributed by atoms with E-state index in [1.807, 2.05) is 0 Å². The van der Waals surface area contributed by atoms with E-state index in [0.717, 1.165) is 0 Å². The van der Waals surface area contributed by atoms with Crippen molar-refractivity contribution in [2.45, 2.75) is 0 Å². The minimum atomic E-state index is -0.175. The molecule has 0 aliphatic carbocycles. The van der Waals surface area contributed by atoms with E-state index in [1.54, 1.807) is 24.4 Å². The summed E-state index contributed by atoms with van der Waals surface area (Å²) in [5.74, 6) is -0.175. The van der Waals surface area contributed by atoms with Crippen LogP contribution in [0.25, 0.3) is 10.9 Å². The number of hydrogen-bond acceptors (Lipinski definition) is 4. The van der Waals surface area contributed by atoms with E-state index in [2.05, 4.69) is 25.9 Å². The number of hydrogen-bond donors (Lipinski definition) is 1. The van der Waals surface area contributed by atoms with Crippen LogP contribution >= 0.6 is 15.9 Å². The molecule has 2 rings (SSSR count). The average Bonchev–Trinajstić information content (AvgIpc) is 2.23. The van der Waals surface area contributed by atoms with Crippen molar-refractivity contribution >= 4 is 26.8 Å². The molecule has 0 fully saturated rings. The molecule has 70 valence electrons. The predicted molar refractivity (Wildman–Crippen MR) is 54.7 cm³/mol. The Morgan fingerprint density at radius 1 is 1.53 bits per heavy atom. The molecule has 0 saturated carbocycles. The predicted octanol–water partition coefficient (Wildman–Crippen LogP) is -0.914. The molecule has 0 spiro atoms. The summed E-state index contributed by atoms with van der Waals surface area (Å²) >= 11 is 3.21. The van der Waals surface area contributed by atoms with Crippen molar-refractivity contribution in [3.8, 4) is 11.8 Å². The topological polar surface area (TPSA) is 69.8 Å². The third-order valence-electron chi connectivity index (χ3n) is 1.79. The molecule has 2 heterocycles. The van der Waals surface area contributed by atoms with Crippen molar-refractivity contribution < 1.29 is 36.1 Å². The molecule has 2 aromatic heterocycles. The zero-order valence-corrected chi connectivity index (χ0v) is 11.5. The van der Waals surface area contributed by atoms with Gasteiger partial charge >= 0.3 is 29.6 Å². The Bertz CT molecular complexity index is 558. The van der Waals surface area contributed by atoms with Crippen molar-refractivity contribution in [2.75, 3.05) is 0 Å². The Hall–Kier alpha value is -0.670. The van der Waals surface area contributed by atoms with Gasteiger partial charge in [-0.3, -0.25) is 4.98 Å². The van der Waals surface area contributed by atoms with Gasteiger partial charge < -0.3 is 6.53 Å². The molecule has 0 unspecified atom stereocenters. The summed E-state index contributed by atoms with van der Waals surface area (Å²) in [5, 5.41) is 19.0. The second kappa shape index (κ2) is 4.90. The molecule has 2 aromatic rings. The first kappa shape index (κ1) is 12.4. The van der Waals surface area contributed by atoms with Gasteiger partial charge in [-0.05, 0) is 28.1 Å². The van der Waals surface area contributed by atoms with E-state index in [9.17, 15) is 5.11 Å². The van der Waals surface area contributed by atoms with E-state index in [0.29, 0.717) is 15.5 Å². The van der Waals surface area contributed by atoms with Gasteiger partial charge in [0.1, 0.15) is 16.2 Å². The van der Waals surface area contributed by atoms with Crippen molar-refractivity contribution in [3.05, 3.63) is 28.6 Å². The molecule has 6 heteroatoms. The molecule has 0 aliphatic heterocycles. The first-order chi connectivity index (χ1) is 6.74. The van der Waals surface area contributed by atoms with Crippen LogP contribution in [0, 0.1) is 11.3 Å². The average molecular weight is 274 g/mol. The van der Waals surface area contributed by atoms with Gasteiger partial charge in [0.2, 0.25) is 0 Å². The van der Waals surface area contributed by atoms with E-state index < -0.39 is 0 Å². The van der Waals surface area contributed by atoms with Gasteiger partial charge in [-0.15, -0.1) is 0 Å². The summed E-state index contributed by atoms with van der Waals surface area (Å²) in [7, 11) is 0. The molecule has 0 aromatic carbocycles. The maximum absolute atomic E-state index is 9.61. The number of nitrogens with zero attached hydrogens (tertiary/aromatic N) is 3. The van der Waals surface area contributed by atoms with Crippen LogP contribution in [-0.4, -0.2) is 15.1 Å². The number of fused-ring (bicyclic) bond motifs is 1. The van der Waals surface area contributed by atoms with Crippen molar-refractivity contribution in [3.63, 3.8) is 0 Å². The number of nitriles is 1. The molecular weight excluding hydrogens is 269 g/mol. The Kier molecular flexibility index (Phi) is 4.05. The van der Waals surface area contributed by atoms with Gasteiger partial charge in [0, 0.05) is 11.6 Å². The summed E-state index contributed by atoms with van der Waals surface area (Å²) in [6.45, 7) is 0. The fraction of sp³-hybridized carbons (Fsp3) is 0. The van der Waals surface area contributed by atoms with Gasteiger partial charge in [0.05, 0.1) is 0 Å². The minimum absolute atomic E-state index is 0. The summed E-state index contributed by atoms with van der Waals surface area (Å²) in [6, 6.07) is 5.30. The molecule has 0 bridgehead atoms. The molecular formula is C9H5BrN3NaO. The maximum atomic E-state index is 9.61. The second-order valence-electron chi connectivity index (χ2n) is 2.61. The molecule has 15 heavy (non-hydrogen) atoms. The van der Waals surface area contributed by atoms with Crippen LogP contribution in [0.5, 0.6) is 5.75 Å². The Morgan fingerprint density at radius 3 is 2.93 bits per heavy atom. The Balaban J connectivity index is 0.00000112. The summed E-state index contributed by atoms with van der Waals surface area (Å²) in [5.41, 5.74) is 0.356. The molecule has 0 saturated heterocycles. The SMILES string of the molecule is N#Cc1nc(Br)c2cccnc2c1O.[H-].[Na+]. The van der Waals surface area contributed by atoms with E-state index in [1.165, 1.54) is 0 Å². The van der Waals surface area contributed by atoms with Crippen LogP contribution in [-0.2, 0) is 0 Å². The fourth-order valence-corrected chi connectivity index (χ4v) is 1.66. The molecule has 0 radical (unpaired) electrons. The zero-order chi connectivity index (χ0) is 10.1. The van der Waals surface area contributed by atoms with Gasteiger partial charge in [0.25, 0.3) is 0 Å². The number of aromatic hydroxyl groups is 1. The Labute approximate surface area is 118 Å². The van der Waals surface area contributed by atoms with Gasteiger partial charge in [-0.2, -0.15) is 5.26 Å². The van der Waals surface area contributed by atoms with E-state index in [-0.39, 0.29) is 42.4 Å². The monoisotopic (exact) mass is 273 g/mol. The normalized spacial score (nSPS) is 9.33. The fourth-order valence-electron chi connectivity index (χ4n) is 1.16. The number of aromatic nitrogens is 2. The van der Waals surface area contributed by atoms with Gasteiger partial charge in [0.15, 0.2) is 11.4 Å². The van der Waals surface area contributed by atoms with Crippen molar-refractivity contribution in [1.29, 1.82) is 5.26 Å². The smallest absolute Gasteiger partial charge is 1.00 e. The van der Waals surface area contributed by atoms with E-state index >= 15 is 0 Å². The number of halogens is 1. The molecule has 0 atom stereocenters. The van der Waals surface area contributed by atoms with Crippen LogP contribution in [0.2, 0.25) is 0 Å². The molecule has 1 N–H and O–H groups in total. The largest absolute Gasteiger partial charge is 1.00 e. The first-order valence-corrected chi connectivity index (χ1v) is 4.56. The van der Waals surface area contributed by atoms with Crippen LogP contribution in [0.1, 0.15) is 7.12 Å². The standard InChI is InChI=1S/C9H4BrN3O.Na.H/c10-9-5-2-1-3-12-7(5)8(14)6(4-11)13-9;;/h1-3,14H;;/q;+1;-1. The van der Waals surface area contributed by atoms with Crippen LogP contribution in [0.3, 0.4) is 0 Å². The molecule has 0 aliphatic rings. The number of pyridine rings is 2. The first-order valence-electron chi connectivity index (χ1n) is 3.77. The van der Waals surface area contributed by atoms with Crippen molar-refractivity contribution in [2.24, 2.45) is 0 Å². The third kappa shape index (κ3) is 2.13. The second-order valence-corrected chi connectivity index (χ2v) is 3.36. The maximum Gasteiger partial charge on any atom is 1.00 e. The van der Waals surface area contributed by atoms with Crippen LogP contribution < -0.4 is 29.6 Å². The molecule has 0 amide bonds. The third-order valence-corrected chi connectivity index (χ3v) is 2.40. The minimum Gasteiger partial charge on any atom is -1.00 e. The van der Waals surface area contributed by atoms with E-state index in [4.69, 9.17) is 5.26 Å². The zero-order valence-electron chi connectivity index (χ0n) is 8.90. The van der Waals surface area contributed by atoms with Gasteiger partial charge in [-0.1, -0.05) is 0 Å². The van der Waals surface area contributed by atoms with Crippen molar-refractivity contribution in [1.82, 2.24) is 9.97 Å². The quantitative estimate of drug-likeness (QED) is 0.498.